The predicted molar refractivity (Wildman–Crippen MR) is 133 cm³/mol. The highest BCUT2D eigenvalue weighted by Gasteiger charge is 2.66. The average molecular weight is 478 g/mol. The maximum atomic E-state index is 14.2. The fourth-order valence-electron chi connectivity index (χ4n) is 4.93. The van der Waals surface area contributed by atoms with Crippen molar-refractivity contribution in [2.45, 2.75) is 25.8 Å². The first-order valence-corrected chi connectivity index (χ1v) is 11.9. The zero-order chi connectivity index (χ0) is 25.3. The molecule has 0 radical (unpaired) electrons. The van der Waals surface area contributed by atoms with Crippen molar-refractivity contribution in [2.24, 2.45) is 0 Å². The zero-order valence-corrected chi connectivity index (χ0v) is 20.6. The highest BCUT2D eigenvalue weighted by Crippen LogP contribution is 2.53. The number of Topliss-reactive ketones (excluding diaryl/α,β-unsaturated/α-hetero) is 1. The molecule has 35 heavy (non-hydrogen) atoms. The summed E-state index contributed by atoms with van der Waals surface area (Å²) in [6.45, 7) is 5.34. The summed E-state index contributed by atoms with van der Waals surface area (Å²) in [7, 11) is 3.72. The molecular formula is C27H31N3O5. The highest BCUT2D eigenvalue weighted by atomic mass is 16.5. The summed E-state index contributed by atoms with van der Waals surface area (Å²) in [5.74, 6) is -1.81. The Labute approximate surface area is 205 Å². The van der Waals surface area contributed by atoms with Crippen LogP contribution in [0.4, 0.5) is 5.69 Å². The van der Waals surface area contributed by atoms with Gasteiger partial charge in [0.15, 0.2) is 5.54 Å². The van der Waals surface area contributed by atoms with Gasteiger partial charge in [-0.1, -0.05) is 25.1 Å². The Hall–Kier alpha value is -3.65. The molecular weight excluding hydrogens is 446 g/mol. The molecule has 2 heterocycles. The van der Waals surface area contributed by atoms with E-state index in [1.807, 2.05) is 45.0 Å². The minimum absolute atomic E-state index is 0.150. The second kappa shape index (κ2) is 9.54. The largest absolute Gasteiger partial charge is 0.507 e. The number of ketones is 1. The standard InChI is InChI=1S/C27H31N3O5/c1-5-15-29-21-10-8-7-9-20(21)27(26(29)34)22(24(32)25(33)30(27)17-16-28(3)4)23(31)18-11-13-19(14-12-18)35-6-2/h7-14,31H,5-6,15-17H2,1-4H3. The van der Waals surface area contributed by atoms with Crippen molar-refractivity contribution in [1.82, 2.24) is 9.80 Å². The van der Waals surface area contributed by atoms with Gasteiger partial charge in [0.25, 0.3) is 17.6 Å². The first kappa shape index (κ1) is 24.5. The lowest BCUT2D eigenvalue weighted by molar-refractivity contribution is -0.143. The Morgan fingerprint density at radius 1 is 1.00 bits per heavy atom. The molecule has 0 bridgehead atoms. The van der Waals surface area contributed by atoms with Gasteiger partial charge in [-0.2, -0.15) is 0 Å². The van der Waals surface area contributed by atoms with Crippen molar-refractivity contribution in [1.29, 1.82) is 0 Å². The smallest absolute Gasteiger partial charge is 0.296 e. The molecule has 1 N–H and O–H groups in total. The van der Waals surface area contributed by atoms with Crippen LogP contribution in [-0.4, -0.2) is 72.8 Å². The summed E-state index contributed by atoms with van der Waals surface area (Å²) in [5, 5.41) is 11.5. The Morgan fingerprint density at radius 2 is 1.69 bits per heavy atom. The quantitative estimate of drug-likeness (QED) is 0.357. The first-order valence-electron chi connectivity index (χ1n) is 11.9. The van der Waals surface area contributed by atoms with Crippen LogP contribution in [0, 0.1) is 0 Å². The summed E-state index contributed by atoms with van der Waals surface area (Å²) < 4.78 is 5.48. The van der Waals surface area contributed by atoms with Crippen molar-refractivity contribution in [2.75, 3.05) is 45.2 Å². The van der Waals surface area contributed by atoms with Crippen molar-refractivity contribution < 1.29 is 24.2 Å². The fraction of sp³-hybridized carbons (Fsp3) is 0.370. The van der Waals surface area contributed by atoms with E-state index in [4.69, 9.17) is 4.74 Å². The Balaban J connectivity index is 1.98. The summed E-state index contributed by atoms with van der Waals surface area (Å²) in [5.41, 5.74) is -0.407. The van der Waals surface area contributed by atoms with E-state index >= 15 is 0 Å². The summed E-state index contributed by atoms with van der Waals surface area (Å²) >= 11 is 0. The maximum absolute atomic E-state index is 14.2. The summed E-state index contributed by atoms with van der Waals surface area (Å²) in [4.78, 5) is 46.0. The molecule has 184 valence electrons. The third-order valence-electron chi connectivity index (χ3n) is 6.47. The van der Waals surface area contributed by atoms with Crippen LogP contribution in [0.5, 0.6) is 5.75 Å². The molecule has 0 saturated carbocycles. The molecule has 2 amide bonds. The number of carbonyl (C=O) groups excluding carboxylic acids is 3. The number of amides is 2. The molecule has 8 heteroatoms. The van der Waals surface area contributed by atoms with Gasteiger partial charge in [0, 0.05) is 30.8 Å². The van der Waals surface area contributed by atoms with Gasteiger partial charge in [0.2, 0.25) is 0 Å². The van der Waals surface area contributed by atoms with Gasteiger partial charge in [-0.15, -0.1) is 0 Å². The zero-order valence-electron chi connectivity index (χ0n) is 20.6. The van der Waals surface area contributed by atoms with E-state index in [0.717, 1.165) is 0 Å². The second-order valence-corrected chi connectivity index (χ2v) is 8.95. The number of hydrogen-bond donors (Lipinski definition) is 1. The van der Waals surface area contributed by atoms with Crippen LogP contribution in [0.3, 0.4) is 0 Å². The van der Waals surface area contributed by atoms with Gasteiger partial charge < -0.3 is 24.5 Å². The van der Waals surface area contributed by atoms with Crippen LogP contribution in [0.2, 0.25) is 0 Å². The Morgan fingerprint density at radius 3 is 2.31 bits per heavy atom. The van der Waals surface area contributed by atoms with Crippen LogP contribution in [-0.2, 0) is 19.9 Å². The van der Waals surface area contributed by atoms with E-state index in [1.54, 1.807) is 41.3 Å². The molecule has 2 aliphatic heterocycles. The lowest BCUT2D eigenvalue weighted by Gasteiger charge is -2.35. The molecule has 8 nitrogen and oxygen atoms in total. The van der Waals surface area contributed by atoms with E-state index < -0.39 is 23.1 Å². The molecule has 0 aliphatic carbocycles. The van der Waals surface area contributed by atoms with E-state index in [9.17, 15) is 19.5 Å². The lowest BCUT2D eigenvalue weighted by atomic mass is 9.82. The first-order chi connectivity index (χ1) is 16.8. The van der Waals surface area contributed by atoms with Crippen LogP contribution < -0.4 is 9.64 Å². The van der Waals surface area contributed by atoms with Crippen LogP contribution >= 0.6 is 0 Å². The van der Waals surface area contributed by atoms with Gasteiger partial charge in [-0.25, -0.2) is 0 Å². The van der Waals surface area contributed by atoms with E-state index in [-0.39, 0.29) is 17.9 Å². The lowest BCUT2D eigenvalue weighted by Crippen LogP contribution is -2.53. The Kier molecular flexibility index (Phi) is 6.67. The number of carbonyl (C=O) groups is 3. The number of fused-ring (bicyclic) bond motifs is 2. The molecule has 4 rings (SSSR count). The minimum Gasteiger partial charge on any atom is -0.507 e. The molecule has 1 spiro atoms. The number of likely N-dealkylation sites (N-methyl/N-ethyl adjacent to an activating group) is 1. The van der Waals surface area contributed by atoms with Crippen molar-refractivity contribution in [3.63, 3.8) is 0 Å². The monoisotopic (exact) mass is 477 g/mol. The minimum atomic E-state index is -1.72. The number of nitrogens with zero attached hydrogens (tertiary/aromatic N) is 3. The third kappa shape index (κ3) is 3.78. The second-order valence-electron chi connectivity index (χ2n) is 8.95. The number of benzene rings is 2. The summed E-state index contributed by atoms with van der Waals surface area (Å²) in [6.07, 6.45) is 0.694. The van der Waals surface area contributed by atoms with Gasteiger partial charge in [-0.05, 0) is 57.8 Å². The van der Waals surface area contributed by atoms with Gasteiger partial charge >= 0.3 is 0 Å². The van der Waals surface area contributed by atoms with Crippen LogP contribution in [0.15, 0.2) is 54.1 Å². The average Bonchev–Trinajstić information content (AvgIpc) is 3.22. The van der Waals surface area contributed by atoms with Crippen molar-refractivity contribution in [3.8, 4) is 5.75 Å². The topological polar surface area (TPSA) is 90.4 Å². The Bertz CT molecular complexity index is 1190. The number of anilines is 1. The van der Waals surface area contributed by atoms with Crippen molar-refractivity contribution >= 4 is 29.0 Å². The molecule has 0 aromatic heterocycles. The van der Waals surface area contributed by atoms with E-state index in [1.165, 1.54) is 4.90 Å². The number of aliphatic hydroxyl groups excluding tert-OH is 1. The summed E-state index contributed by atoms with van der Waals surface area (Å²) in [6, 6.07) is 13.8. The number of hydrogen-bond acceptors (Lipinski definition) is 6. The SMILES string of the molecule is CCCN1C(=O)C2(C(=C(O)c3ccc(OCC)cc3)C(=O)C(=O)N2CCN(C)C)c2ccccc21. The van der Waals surface area contributed by atoms with Gasteiger partial charge in [0.05, 0.1) is 17.9 Å². The maximum Gasteiger partial charge on any atom is 0.296 e. The van der Waals surface area contributed by atoms with Gasteiger partial charge in [0.1, 0.15) is 11.5 Å². The molecule has 2 aromatic rings. The number of likely N-dealkylation sites (tertiary alicyclic amines) is 1. The highest BCUT2D eigenvalue weighted by molar-refractivity contribution is 6.50. The molecule has 2 aliphatic rings. The van der Waals surface area contributed by atoms with Crippen molar-refractivity contribution in [3.05, 3.63) is 65.2 Å². The number of rotatable bonds is 8. The van der Waals surface area contributed by atoms with Crippen LogP contribution in [0.1, 0.15) is 31.4 Å². The predicted octanol–water partition coefficient (Wildman–Crippen LogP) is 2.98. The van der Waals surface area contributed by atoms with Crippen LogP contribution in [0.25, 0.3) is 5.76 Å². The number of aliphatic hydroxyl groups is 1. The number of para-hydroxylation sites is 1. The molecule has 1 fully saturated rings. The normalized spacial score (nSPS) is 20.9. The molecule has 2 aromatic carbocycles. The molecule has 1 atom stereocenters. The fourth-order valence-corrected chi connectivity index (χ4v) is 4.93. The number of ether oxygens (including phenoxy) is 1. The molecule has 1 unspecified atom stereocenters. The molecule has 1 saturated heterocycles. The third-order valence-corrected chi connectivity index (χ3v) is 6.47. The van der Waals surface area contributed by atoms with E-state index in [2.05, 4.69) is 0 Å². The van der Waals surface area contributed by atoms with E-state index in [0.29, 0.717) is 48.7 Å². The van der Waals surface area contributed by atoms with Gasteiger partial charge in [-0.3, -0.25) is 14.4 Å².